The molecule has 1 aromatic rings. The topological polar surface area (TPSA) is 77.2 Å². The molecular weight excluding hydrogens is 337 g/mol. The molecule has 120 valence electrons. The maximum absolute atomic E-state index is 11.8. The summed E-state index contributed by atoms with van der Waals surface area (Å²) in [6, 6.07) is 3.58. The van der Waals surface area contributed by atoms with E-state index in [2.05, 4.69) is 10.3 Å². The Hall–Kier alpha value is -0.750. The Morgan fingerprint density at radius 3 is 2.76 bits per heavy atom. The van der Waals surface area contributed by atoms with Gasteiger partial charge in [0.25, 0.3) is 0 Å². The first kappa shape index (κ1) is 20.2. The molecule has 2 atom stereocenters. The van der Waals surface area contributed by atoms with Crippen molar-refractivity contribution in [3.8, 4) is 5.88 Å². The molecule has 1 amide bonds. The molecule has 5 nitrogen and oxygen atoms in total. The third kappa shape index (κ3) is 6.70. The van der Waals surface area contributed by atoms with Gasteiger partial charge in [-0.1, -0.05) is 11.6 Å². The Morgan fingerprint density at radius 2 is 2.19 bits per heavy atom. The summed E-state index contributed by atoms with van der Waals surface area (Å²) < 4.78 is 5.39. The van der Waals surface area contributed by atoms with Crippen molar-refractivity contribution in [2.24, 2.45) is 11.7 Å². The van der Waals surface area contributed by atoms with Crippen LogP contribution in [0.4, 0.5) is 0 Å². The Labute approximate surface area is 141 Å². The van der Waals surface area contributed by atoms with Crippen LogP contribution < -0.4 is 15.8 Å². The van der Waals surface area contributed by atoms with Gasteiger partial charge in [0, 0.05) is 24.2 Å². The standard InChI is InChI=1S/C13H18ClN3O2.2ClH/c14-10-2-4-12(17-8-10)19-6-5-16-13(18)9-1-3-11(15)7-9;;/h2,4,8-9,11H,1,3,5-7,15H2,(H,16,18);2*1H. The number of ether oxygens (including phenoxy) is 1. The molecular formula is C13H20Cl3N3O2. The highest BCUT2D eigenvalue weighted by molar-refractivity contribution is 6.30. The predicted octanol–water partition coefficient (Wildman–Crippen LogP) is 2.20. The van der Waals surface area contributed by atoms with Gasteiger partial charge in [0.05, 0.1) is 11.6 Å². The summed E-state index contributed by atoms with van der Waals surface area (Å²) in [7, 11) is 0. The average molecular weight is 357 g/mol. The lowest BCUT2D eigenvalue weighted by Gasteiger charge is -2.11. The lowest BCUT2D eigenvalue weighted by Crippen LogP contribution is -2.33. The number of nitrogens with zero attached hydrogens (tertiary/aromatic N) is 1. The molecule has 1 aliphatic rings. The first-order chi connectivity index (χ1) is 9.15. The molecule has 0 aromatic carbocycles. The van der Waals surface area contributed by atoms with Gasteiger partial charge in [-0.05, 0) is 25.3 Å². The number of pyridine rings is 1. The lowest BCUT2D eigenvalue weighted by atomic mass is 10.1. The fourth-order valence-corrected chi connectivity index (χ4v) is 2.29. The van der Waals surface area contributed by atoms with E-state index in [0.717, 1.165) is 19.3 Å². The van der Waals surface area contributed by atoms with E-state index in [1.54, 1.807) is 12.1 Å². The van der Waals surface area contributed by atoms with Crippen LogP contribution >= 0.6 is 36.4 Å². The molecule has 0 saturated heterocycles. The van der Waals surface area contributed by atoms with E-state index in [-0.39, 0.29) is 42.7 Å². The fraction of sp³-hybridized carbons (Fsp3) is 0.538. The molecule has 1 saturated carbocycles. The summed E-state index contributed by atoms with van der Waals surface area (Å²) in [5.41, 5.74) is 5.78. The van der Waals surface area contributed by atoms with Crippen molar-refractivity contribution in [2.75, 3.05) is 13.2 Å². The first-order valence-electron chi connectivity index (χ1n) is 6.43. The third-order valence-electron chi connectivity index (χ3n) is 3.20. The zero-order valence-electron chi connectivity index (χ0n) is 11.5. The number of carbonyl (C=O) groups excluding carboxylic acids is 1. The summed E-state index contributed by atoms with van der Waals surface area (Å²) in [4.78, 5) is 15.8. The number of rotatable bonds is 5. The van der Waals surface area contributed by atoms with E-state index < -0.39 is 0 Å². The minimum atomic E-state index is 0. The lowest BCUT2D eigenvalue weighted by molar-refractivity contribution is -0.124. The monoisotopic (exact) mass is 355 g/mol. The molecule has 0 bridgehead atoms. The zero-order valence-corrected chi connectivity index (χ0v) is 13.8. The quantitative estimate of drug-likeness (QED) is 0.793. The molecule has 0 spiro atoms. The van der Waals surface area contributed by atoms with Gasteiger partial charge in [-0.15, -0.1) is 24.8 Å². The minimum Gasteiger partial charge on any atom is -0.476 e. The van der Waals surface area contributed by atoms with Crippen molar-refractivity contribution < 1.29 is 9.53 Å². The summed E-state index contributed by atoms with van der Waals surface area (Å²) in [6.07, 6.45) is 4.12. The maximum atomic E-state index is 11.8. The predicted molar refractivity (Wildman–Crippen MR) is 87.6 cm³/mol. The van der Waals surface area contributed by atoms with Crippen LogP contribution in [-0.4, -0.2) is 30.1 Å². The van der Waals surface area contributed by atoms with Crippen molar-refractivity contribution in [3.63, 3.8) is 0 Å². The highest BCUT2D eigenvalue weighted by Gasteiger charge is 2.27. The molecule has 1 aromatic heterocycles. The van der Waals surface area contributed by atoms with Crippen molar-refractivity contribution in [3.05, 3.63) is 23.4 Å². The largest absolute Gasteiger partial charge is 0.476 e. The zero-order chi connectivity index (χ0) is 13.7. The van der Waals surface area contributed by atoms with Gasteiger partial charge in [-0.2, -0.15) is 0 Å². The highest BCUT2D eigenvalue weighted by Crippen LogP contribution is 2.23. The van der Waals surface area contributed by atoms with Gasteiger partial charge in [0.15, 0.2) is 0 Å². The van der Waals surface area contributed by atoms with Gasteiger partial charge >= 0.3 is 0 Å². The van der Waals surface area contributed by atoms with Crippen molar-refractivity contribution in [1.29, 1.82) is 0 Å². The van der Waals surface area contributed by atoms with Crippen LogP contribution in [0, 0.1) is 5.92 Å². The van der Waals surface area contributed by atoms with Crippen LogP contribution in [-0.2, 0) is 4.79 Å². The number of aromatic nitrogens is 1. The van der Waals surface area contributed by atoms with Crippen LogP contribution in [0.5, 0.6) is 5.88 Å². The Morgan fingerprint density at radius 1 is 1.43 bits per heavy atom. The van der Waals surface area contributed by atoms with Gasteiger partial charge in [0.2, 0.25) is 11.8 Å². The molecule has 1 heterocycles. The van der Waals surface area contributed by atoms with E-state index in [1.807, 2.05) is 0 Å². The number of amides is 1. The van der Waals surface area contributed by atoms with E-state index in [1.165, 1.54) is 6.20 Å². The molecule has 1 fully saturated rings. The summed E-state index contributed by atoms with van der Waals surface area (Å²) in [6.45, 7) is 0.855. The van der Waals surface area contributed by atoms with Crippen molar-refractivity contribution in [1.82, 2.24) is 10.3 Å². The average Bonchev–Trinajstić information content (AvgIpc) is 2.83. The highest BCUT2D eigenvalue weighted by atomic mass is 35.5. The molecule has 3 N–H and O–H groups in total. The van der Waals surface area contributed by atoms with Crippen LogP contribution in [0.3, 0.4) is 0 Å². The van der Waals surface area contributed by atoms with Gasteiger partial charge in [-0.25, -0.2) is 4.98 Å². The second-order valence-corrected chi connectivity index (χ2v) is 5.16. The number of hydrogen-bond donors (Lipinski definition) is 2. The Balaban J connectivity index is 0.00000200. The summed E-state index contributed by atoms with van der Waals surface area (Å²) in [5, 5.41) is 3.42. The van der Waals surface area contributed by atoms with Gasteiger partial charge < -0.3 is 15.8 Å². The van der Waals surface area contributed by atoms with Crippen LogP contribution in [0.2, 0.25) is 5.02 Å². The number of nitrogens with two attached hydrogens (primary N) is 1. The number of carbonyl (C=O) groups is 1. The third-order valence-corrected chi connectivity index (χ3v) is 3.42. The Kier molecular flexibility index (Phi) is 9.70. The molecule has 21 heavy (non-hydrogen) atoms. The second-order valence-electron chi connectivity index (χ2n) is 4.72. The van der Waals surface area contributed by atoms with E-state index >= 15 is 0 Å². The molecule has 2 rings (SSSR count). The molecule has 0 aliphatic heterocycles. The van der Waals surface area contributed by atoms with Crippen LogP contribution in [0.1, 0.15) is 19.3 Å². The fourth-order valence-electron chi connectivity index (χ4n) is 2.18. The van der Waals surface area contributed by atoms with E-state index in [4.69, 9.17) is 22.1 Å². The Bertz CT molecular complexity index is 431. The van der Waals surface area contributed by atoms with E-state index in [9.17, 15) is 4.79 Å². The number of halogens is 3. The molecule has 0 radical (unpaired) electrons. The number of hydrogen-bond acceptors (Lipinski definition) is 4. The van der Waals surface area contributed by atoms with Crippen LogP contribution in [0.25, 0.3) is 0 Å². The SMILES string of the molecule is Cl.Cl.NC1CCC(C(=O)NCCOc2ccc(Cl)cn2)C1. The normalized spacial score (nSPS) is 20.1. The van der Waals surface area contributed by atoms with E-state index in [0.29, 0.717) is 24.1 Å². The van der Waals surface area contributed by atoms with Crippen molar-refractivity contribution >= 4 is 42.3 Å². The minimum absolute atomic E-state index is 0. The second kappa shape index (κ2) is 10.1. The van der Waals surface area contributed by atoms with Gasteiger partial charge in [-0.3, -0.25) is 4.79 Å². The smallest absolute Gasteiger partial charge is 0.223 e. The molecule has 2 unspecified atom stereocenters. The summed E-state index contributed by atoms with van der Waals surface area (Å²) >= 11 is 5.71. The maximum Gasteiger partial charge on any atom is 0.223 e. The molecule has 8 heteroatoms. The number of nitrogens with one attached hydrogen (secondary N) is 1. The van der Waals surface area contributed by atoms with Crippen molar-refractivity contribution in [2.45, 2.75) is 25.3 Å². The van der Waals surface area contributed by atoms with Gasteiger partial charge in [0.1, 0.15) is 6.61 Å². The van der Waals surface area contributed by atoms with Crippen LogP contribution in [0.15, 0.2) is 18.3 Å². The first-order valence-corrected chi connectivity index (χ1v) is 6.80. The summed E-state index contributed by atoms with van der Waals surface area (Å²) in [5.74, 6) is 0.630. The molecule has 1 aliphatic carbocycles.